The summed E-state index contributed by atoms with van der Waals surface area (Å²) in [5.41, 5.74) is 0.325. The summed E-state index contributed by atoms with van der Waals surface area (Å²) >= 11 is 6.68. The highest BCUT2D eigenvalue weighted by molar-refractivity contribution is 9.11. The third kappa shape index (κ3) is 6.34. The molecule has 0 amide bonds. The molecule has 0 aliphatic carbocycles. The van der Waals surface area contributed by atoms with E-state index < -0.39 is 11.9 Å². The number of carbonyl (C=O) groups excluding carboxylic acids is 2. The van der Waals surface area contributed by atoms with Crippen LogP contribution >= 0.6 is 31.9 Å². The molecule has 29 heavy (non-hydrogen) atoms. The van der Waals surface area contributed by atoms with Crippen LogP contribution in [0.25, 0.3) is 6.08 Å². The first-order valence-electron chi connectivity index (χ1n) is 8.04. The molecule has 0 unspecified atom stereocenters. The van der Waals surface area contributed by atoms with E-state index in [0.717, 1.165) is 4.47 Å². The third-order valence-electron chi connectivity index (χ3n) is 3.49. The smallest absolute Gasteiger partial charge is 0.349 e. The molecule has 0 heterocycles. The number of benzene rings is 2. The van der Waals surface area contributed by atoms with Gasteiger partial charge in [-0.05, 0) is 57.9 Å². The molecule has 0 atom stereocenters. The highest BCUT2D eigenvalue weighted by Gasteiger charge is 2.14. The Morgan fingerprint density at radius 1 is 1.07 bits per heavy atom. The van der Waals surface area contributed by atoms with Gasteiger partial charge < -0.3 is 18.9 Å². The molecular formula is C20H15Br2NO6. The number of carbonyl (C=O) groups is 2. The Kier molecular flexibility index (Phi) is 8.24. The van der Waals surface area contributed by atoms with Crippen molar-refractivity contribution >= 4 is 49.9 Å². The molecule has 2 aromatic rings. The summed E-state index contributed by atoms with van der Waals surface area (Å²) in [5, 5.41) is 9.04. The molecule has 0 bridgehead atoms. The highest BCUT2D eigenvalue weighted by atomic mass is 79.9. The van der Waals surface area contributed by atoms with Crippen LogP contribution in [0.3, 0.4) is 0 Å². The molecule has 0 spiro atoms. The Hall–Kier alpha value is -2.83. The van der Waals surface area contributed by atoms with Crippen molar-refractivity contribution in [2.45, 2.75) is 0 Å². The number of methoxy groups -OCH3 is 2. The normalized spacial score (nSPS) is 10.7. The summed E-state index contributed by atoms with van der Waals surface area (Å²) in [6.45, 7) is -0.314. The van der Waals surface area contributed by atoms with Crippen LogP contribution in [0, 0.1) is 11.3 Å². The molecule has 0 fully saturated rings. The largest absolute Gasteiger partial charge is 0.493 e. The highest BCUT2D eigenvalue weighted by Crippen LogP contribution is 2.30. The minimum atomic E-state index is -0.752. The summed E-state index contributed by atoms with van der Waals surface area (Å²) in [4.78, 5) is 23.6. The number of rotatable bonds is 7. The van der Waals surface area contributed by atoms with Gasteiger partial charge in [-0.15, -0.1) is 0 Å². The van der Waals surface area contributed by atoms with E-state index in [4.69, 9.17) is 19.5 Å². The van der Waals surface area contributed by atoms with Gasteiger partial charge in [-0.1, -0.05) is 22.0 Å². The van der Waals surface area contributed by atoms with E-state index in [-0.39, 0.29) is 23.7 Å². The predicted octanol–water partition coefficient (Wildman–Crippen LogP) is 4.28. The van der Waals surface area contributed by atoms with Crippen LogP contribution in [0.1, 0.15) is 5.56 Å². The van der Waals surface area contributed by atoms with Crippen LogP contribution in [0.4, 0.5) is 0 Å². The molecule has 7 nitrogen and oxygen atoms in total. The second-order valence-electron chi connectivity index (χ2n) is 5.41. The molecule has 0 N–H and O–H groups in total. The maximum Gasteiger partial charge on any atom is 0.349 e. The summed E-state index contributed by atoms with van der Waals surface area (Å²) in [6, 6.07) is 11.6. The lowest BCUT2D eigenvalue weighted by atomic mass is 10.1. The number of nitrogens with zero attached hydrogens (tertiary/aromatic N) is 1. The van der Waals surface area contributed by atoms with Gasteiger partial charge >= 0.3 is 11.9 Å². The minimum Gasteiger partial charge on any atom is -0.493 e. The van der Waals surface area contributed by atoms with Gasteiger partial charge in [0.25, 0.3) is 0 Å². The van der Waals surface area contributed by atoms with Crippen LogP contribution in [-0.4, -0.2) is 32.8 Å². The molecule has 150 valence electrons. The van der Waals surface area contributed by atoms with E-state index in [9.17, 15) is 9.59 Å². The van der Waals surface area contributed by atoms with Crippen LogP contribution in [0.15, 0.2) is 50.9 Å². The van der Waals surface area contributed by atoms with Crippen LogP contribution in [0.5, 0.6) is 17.2 Å². The monoisotopic (exact) mass is 523 g/mol. The maximum atomic E-state index is 12.1. The maximum absolute atomic E-state index is 12.1. The van der Waals surface area contributed by atoms with Crippen molar-refractivity contribution in [3.8, 4) is 23.3 Å². The van der Waals surface area contributed by atoms with Gasteiger partial charge in [0.05, 0.1) is 18.7 Å². The van der Waals surface area contributed by atoms with Gasteiger partial charge in [-0.25, -0.2) is 9.59 Å². The van der Waals surface area contributed by atoms with E-state index in [1.807, 2.05) is 0 Å². The van der Waals surface area contributed by atoms with Crippen molar-refractivity contribution in [1.82, 2.24) is 0 Å². The van der Waals surface area contributed by atoms with E-state index in [0.29, 0.717) is 15.8 Å². The molecule has 0 aromatic heterocycles. The van der Waals surface area contributed by atoms with Gasteiger partial charge in [0.15, 0.2) is 18.1 Å². The van der Waals surface area contributed by atoms with Gasteiger partial charge in [-0.3, -0.25) is 0 Å². The second kappa shape index (κ2) is 10.6. The van der Waals surface area contributed by atoms with Gasteiger partial charge in [0.2, 0.25) is 0 Å². The average Bonchev–Trinajstić information content (AvgIpc) is 2.71. The molecule has 0 aliphatic rings. The molecule has 2 rings (SSSR count). The third-order valence-corrected chi connectivity index (χ3v) is 4.60. The van der Waals surface area contributed by atoms with Crippen molar-refractivity contribution in [2.75, 3.05) is 20.8 Å². The number of esters is 2. The van der Waals surface area contributed by atoms with Gasteiger partial charge in [-0.2, -0.15) is 5.26 Å². The standard InChI is InChI=1S/C20H15Br2NO6/c1-26-18-8-12(7-13(10-23)20(25)27-2)3-5-17(18)29-19(24)11-28-16-6-4-14(21)9-15(16)22/h3-9H,11H2,1-2H3/b13-7+. The minimum absolute atomic E-state index is 0.171. The van der Waals surface area contributed by atoms with Crippen LogP contribution in [-0.2, 0) is 14.3 Å². The van der Waals surface area contributed by atoms with Crippen molar-refractivity contribution in [2.24, 2.45) is 0 Å². The van der Waals surface area contributed by atoms with E-state index >= 15 is 0 Å². The summed E-state index contributed by atoms with van der Waals surface area (Å²) in [7, 11) is 2.59. The van der Waals surface area contributed by atoms with Crippen molar-refractivity contribution in [3.05, 3.63) is 56.5 Å². The fraction of sp³-hybridized carbons (Fsp3) is 0.150. The first kappa shape index (κ1) is 22.5. The van der Waals surface area contributed by atoms with Crippen molar-refractivity contribution in [1.29, 1.82) is 5.26 Å². The topological polar surface area (TPSA) is 94.9 Å². The number of hydrogen-bond donors (Lipinski definition) is 0. The van der Waals surface area contributed by atoms with E-state index in [1.54, 1.807) is 30.3 Å². The van der Waals surface area contributed by atoms with Crippen LogP contribution < -0.4 is 14.2 Å². The van der Waals surface area contributed by atoms with Crippen molar-refractivity contribution < 1.29 is 28.5 Å². The fourth-order valence-electron chi connectivity index (χ4n) is 2.15. The van der Waals surface area contributed by atoms with Gasteiger partial charge in [0, 0.05) is 4.47 Å². The van der Waals surface area contributed by atoms with Crippen molar-refractivity contribution in [3.63, 3.8) is 0 Å². The summed E-state index contributed by atoms with van der Waals surface area (Å²) in [5.74, 6) is -0.472. The molecule has 0 aliphatic heterocycles. The van der Waals surface area contributed by atoms with E-state index in [1.165, 1.54) is 32.4 Å². The molecule has 0 saturated heterocycles. The summed E-state index contributed by atoms with van der Waals surface area (Å²) in [6.07, 6.45) is 1.34. The Morgan fingerprint density at radius 2 is 1.79 bits per heavy atom. The predicted molar refractivity (Wildman–Crippen MR) is 112 cm³/mol. The number of nitriles is 1. The van der Waals surface area contributed by atoms with Crippen LogP contribution in [0.2, 0.25) is 0 Å². The average molecular weight is 525 g/mol. The van der Waals surface area contributed by atoms with E-state index in [2.05, 4.69) is 36.6 Å². The molecule has 0 saturated carbocycles. The molecule has 2 aromatic carbocycles. The Balaban J connectivity index is 2.10. The fourth-order valence-corrected chi connectivity index (χ4v) is 3.31. The SMILES string of the molecule is COC(=O)/C(C#N)=C/c1ccc(OC(=O)COc2ccc(Br)cc2Br)c(OC)c1. The Bertz CT molecular complexity index is 997. The summed E-state index contributed by atoms with van der Waals surface area (Å²) < 4.78 is 22.0. The Morgan fingerprint density at radius 3 is 2.41 bits per heavy atom. The first-order chi connectivity index (χ1) is 13.9. The molecular weight excluding hydrogens is 510 g/mol. The quantitative estimate of drug-likeness (QED) is 0.231. The lowest BCUT2D eigenvalue weighted by molar-refractivity contribution is -0.137. The molecule has 9 heteroatoms. The van der Waals surface area contributed by atoms with Gasteiger partial charge in [0.1, 0.15) is 17.4 Å². The number of ether oxygens (including phenoxy) is 4. The lowest BCUT2D eigenvalue weighted by Gasteiger charge is -2.11. The lowest BCUT2D eigenvalue weighted by Crippen LogP contribution is -2.18. The molecule has 0 radical (unpaired) electrons. The second-order valence-corrected chi connectivity index (χ2v) is 7.18. The first-order valence-corrected chi connectivity index (χ1v) is 9.63. The number of halogens is 2. The Labute approximate surface area is 184 Å². The zero-order valence-corrected chi connectivity index (χ0v) is 18.6. The zero-order chi connectivity index (χ0) is 21.4. The number of hydrogen-bond acceptors (Lipinski definition) is 7. The zero-order valence-electron chi connectivity index (χ0n) is 15.4.